The van der Waals surface area contributed by atoms with E-state index in [9.17, 15) is 8.78 Å². The van der Waals surface area contributed by atoms with Crippen molar-refractivity contribution >= 4 is 22.7 Å². The van der Waals surface area contributed by atoms with Crippen LogP contribution >= 0.6 is 22.7 Å². The standard InChI is InChI=1S/C16H14F2N2S2/c17-13-2-1-11(15(18)7-13)3-5-19-8-14-10-22-16(20-14)12-4-6-21-9-12/h1-2,4,6-7,9-10,19H,3,5,8H2. The van der Waals surface area contributed by atoms with Gasteiger partial charge in [-0.05, 0) is 36.0 Å². The molecule has 0 fully saturated rings. The Hall–Kier alpha value is -1.63. The first kappa shape index (κ1) is 15.3. The molecule has 2 nitrogen and oxygen atoms in total. The Morgan fingerprint density at radius 1 is 1.14 bits per heavy atom. The van der Waals surface area contributed by atoms with E-state index >= 15 is 0 Å². The van der Waals surface area contributed by atoms with Gasteiger partial charge in [-0.2, -0.15) is 11.3 Å². The minimum absolute atomic E-state index is 0.491. The second-order valence-corrected chi connectivity index (χ2v) is 6.46. The van der Waals surface area contributed by atoms with Crippen molar-refractivity contribution in [3.8, 4) is 10.6 Å². The Kier molecular flexibility index (Phi) is 4.92. The first-order valence-electron chi connectivity index (χ1n) is 6.84. The van der Waals surface area contributed by atoms with Crippen LogP contribution in [0.4, 0.5) is 8.78 Å². The quantitative estimate of drug-likeness (QED) is 0.671. The van der Waals surface area contributed by atoms with E-state index in [1.54, 1.807) is 22.7 Å². The molecular weight excluding hydrogens is 322 g/mol. The molecular formula is C16H14F2N2S2. The molecule has 0 aliphatic carbocycles. The van der Waals surface area contributed by atoms with E-state index in [1.807, 2.05) is 10.8 Å². The van der Waals surface area contributed by atoms with Crippen LogP contribution in [0, 0.1) is 11.6 Å². The smallest absolute Gasteiger partial charge is 0.129 e. The number of nitrogens with one attached hydrogen (secondary N) is 1. The van der Waals surface area contributed by atoms with Gasteiger partial charge in [-0.25, -0.2) is 13.8 Å². The summed E-state index contributed by atoms with van der Waals surface area (Å²) in [6.45, 7) is 1.26. The van der Waals surface area contributed by atoms with Crippen molar-refractivity contribution in [1.82, 2.24) is 10.3 Å². The van der Waals surface area contributed by atoms with Gasteiger partial charge in [0.25, 0.3) is 0 Å². The highest BCUT2D eigenvalue weighted by Gasteiger charge is 2.06. The van der Waals surface area contributed by atoms with Gasteiger partial charge in [-0.15, -0.1) is 11.3 Å². The molecule has 0 atom stereocenters. The molecule has 1 aromatic carbocycles. The molecule has 0 bridgehead atoms. The van der Waals surface area contributed by atoms with E-state index in [0.29, 0.717) is 25.1 Å². The van der Waals surface area contributed by atoms with Gasteiger partial charge in [-0.3, -0.25) is 0 Å². The number of benzene rings is 1. The molecule has 0 aliphatic rings. The van der Waals surface area contributed by atoms with Gasteiger partial charge in [-0.1, -0.05) is 6.07 Å². The summed E-state index contributed by atoms with van der Waals surface area (Å²) in [5.74, 6) is -1.03. The number of rotatable bonds is 6. The summed E-state index contributed by atoms with van der Waals surface area (Å²) in [6.07, 6.45) is 0.521. The van der Waals surface area contributed by atoms with Gasteiger partial charge in [0.1, 0.15) is 16.6 Å². The van der Waals surface area contributed by atoms with Crippen LogP contribution in [-0.2, 0) is 13.0 Å². The van der Waals surface area contributed by atoms with Crippen LogP contribution in [0.5, 0.6) is 0 Å². The minimum atomic E-state index is -0.544. The summed E-state index contributed by atoms with van der Waals surface area (Å²) in [6, 6.07) is 5.75. The molecule has 2 heterocycles. The van der Waals surface area contributed by atoms with E-state index in [2.05, 4.69) is 21.7 Å². The topological polar surface area (TPSA) is 24.9 Å². The third kappa shape index (κ3) is 3.76. The monoisotopic (exact) mass is 336 g/mol. The molecule has 1 N–H and O–H groups in total. The second-order valence-electron chi connectivity index (χ2n) is 4.82. The van der Waals surface area contributed by atoms with Crippen molar-refractivity contribution in [3.63, 3.8) is 0 Å². The number of nitrogens with zero attached hydrogens (tertiary/aromatic N) is 1. The van der Waals surface area contributed by atoms with Crippen LogP contribution < -0.4 is 5.32 Å². The summed E-state index contributed by atoms with van der Waals surface area (Å²) in [4.78, 5) is 4.57. The van der Waals surface area contributed by atoms with E-state index in [4.69, 9.17) is 0 Å². The first-order valence-corrected chi connectivity index (χ1v) is 8.66. The highest BCUT2D eigenvalue weighted by Crippen LogP contribution is 2.25. The summed E-state index contributed by atoms with van der Waals surface area (Å²) >= 11 is 3.27. The SMILES string of the molecule is Fc1ccc(CCNCc2csc(-c3ccsc3)n2)c(F)c1. The fourth-order valence-electron chi connectivity index (χ4n) is 2.07. The number of thiophene rings is 1. The molecule has 0 amide bonds. The number of hydrogen-bond donors (Lipinski definition) is 1. The lowest BCUT2D eigenvalue weighted by molar-refractivity contribution is 0.566. The van der Waals surface area contributed by atoms with Crippen LogP contribution in [0.2, 0.25) is 0 Å². The highest BCUT2D eigenvalue weighted by molar-refractivity contribution is 7.14. The van der Waals surface area contributed by atoms with Crippen molar-refractivity contribution in [2.75, 3.05) is 6.54 Å². The maximum absolute atomic E-state index is 13.5. The molecule has 0 saturated carbocycles. The molecule has 0 unspecified atom stereocenters. The van der Waals surface area contributed by atoms with E-state index in [-0.39, 0.29) is 0 Å². The molecule has 114 valence electrons. The van der Waals surface area contributed by atoms with E-state index in [1.165, 1.54) is 12.1 Å². The summed E-state index contributed by atoms with van der Waals surface area (Å²) < 4.78 is 26.3. The lowest BCUT2D eigenvalue weighted by atomic mass is 10.1. The predicted molar refractivity (Wildman–Crippen MR) is 87.2 cm³/mol. The van der Waals surface area contributed by atoms with Crippen molar-refractivity contribution in [3.05, 3.63) is 63.3 Å². The largest absolute Gasteiger partial charge is 0.311 e. The molecule has 3 aromatic rings. The number of aromatic nitrogens is 1. The molecule has 0 aliphatic heterocycles. The Balaban J connectivity index is 1.49. The maximum Gasteiger partial charge on any atom is 0.129 e. The zero-order valence-corrected chi connectivity index (χ0v) is 13.3. The Morgan fingerprint density at radius 3 is 2.82 bits per heavy atom. The number of hydrogen-bond acceptors (Lipinski definition) is 4. The first-order chi connectivity index (χ1) is 10.7. The van der Waals surface area contributed by atoms with Gasteiger partial charge in [0.05, 0.1) is 5.69 Å². The normalized spacial score (nSPS) is 11.0. The Bertz CT molecular complexity index is 738. The molecule has 0 radical (unpaired) electrons. The van der Waals surface area contributed by atoms with Crippen molar-refractivity contribution in [1.29, 1.82) is 0 Å². The van der Waals surface area contributed by atoms with Crippen molar-refractivity contribution in [2.45, 2.75) is 13.0 Å². The average Bonchev–Trinajstić information content (AvgIpc) is 3.16. The molecule has 2 aromatic heterocycles. The minimum Gasteiger partial charge on any atom is -0.311 e. The maximum atomic E-state index is 13.5. The van der Waals surface area contributed by atoms with Crippen molar-refractivity contribution in [2.24, 2.45) is 0 Å². The van der Waals surface area contributed by atoms with Crippen LogP contribution in [0.1, 0.15) is 11.3 Å². The lowest BCUT2D eigenvalue weighted by Crippen LogP contribution is -2.17. The molecule has 3 rings (SSSR count). The number of halogens is 2. The average molecular weight is 336 g/mol. The molecule has 0 saturated heterocycles. The van der Waals surface area contributed by atoms with Crippen LogP contribution in [0.15, 0.2) is 40.4 Å². The van der Waals surface area contributed by atoms with E-state index in [0.717, 1.165) is 22.3 Å². The van der Waals surface area contributed by atoms with Gasteiger partial charge in [0, 0.05) is 28.9 Å². The molecule has 22 heavy (non-hydrogen) atoms. The predicted octanol–water partition coefficient (Wildman–Crippen LogP) is 4.48. The summed E-state index contributed by atoms with van der Waals surface area (Å²) in [5.41, 5.74) is 2.64. The zero-order valence-electron chi connectivity index (χ0n) is 11.7. The van der Waals surface area contributed by atoms with Crippen molar-refractivity contribution < 1.29 is 8.78 Å². The Labute approximate surface area is 135 Å². The Morgan fingerprint density at radius 2 is 2.05 bits per heavy atom. The lowest BCUT2D eigenvalue weighted by Gasteiger charge is -2.04. The third-order valence-corrected chi connectivity index (χ3v) is 4.84. The van der Waals surface area contributed by atoms with Crippen LogP contribution in [0.25, 0.3) is 10.6 Å². The molecule has 0 spiro atoms. The zero-order chi connectivity index (χ0) is 15.4. The fraction of sp³-hybridized carbons (Fsp3) is 0.188. The van der Waals surface area contributed by atoms with Crippen LogP contribution in [0.3, 0.4) is 0 Å². The van der Waals surface area contributed by atoms with Crippen LogP contribution in [-0.4, -0.2) is 11.5 Å². The fourth-order valence-corrected chi connectivity index (χ4v) is 3.60. The molecule has 6 heteroatoms. The summed E-state index contributed by atoms with van der Waals surface area (Å²) in [7, 11) is 0. The highest BCUT2D eigenvalue weighted by atomic mass is 32.1. The van der Waals surface area contributed by atoms with E-state index < -0.39 is 11.6 Å². The van der Waals surface area contributed by atoms with Gasteiger partial charge in [0.15, 0.2) is 0 Å². The second kappa shape index (κ2) is 7.09. The third-order valence-electron chi connectivity index (χ3n) is 3.21. The van der Waals surface area contributed by atoms with Gasteiger partial charge < -0.3 is 5.32 Å². The summed E-state index contributed by atoms with van der Waals surface area (Å²) in [5, 5.41) is 10.4. The van der Waals surface area contributed by atoms with Gasteiger partial charge in [0.2, 0.25) is 0 Å². The van der Waals surface area contributed by atoms with Gasteiger partial charge >= 0.3 is 0 Å². The number of thiazole rings is 1.